The van der Waals surface area contributed by atoms with Gasteiger partial charge in [0.15, 0.2) is 5.82 Å². The number of rotatable bonds is 3. The molecule has 0 aliphatic heterocycles. The lowest BCUT2D eigenvalue weighted by Crippen LogP contribution is -2.10. The van der Waals surface area contributed by atoms with Crippen LogP contribution in [0.1, 0.15) is 11.4 Å². The van der Waals surface area contributed by atoms with Gasteiger partial charge in [-0.15, -0.1) is 5.10 Å². The zero-order valence-corrected chi connectivity index (χ0v) is 10.1. The zero-order chi connectivity index (χ0) is 13.9. The van der Waals surface area contributed by atoms with Gasteiger partial charge in [0.2, 0.25) is 0 Å². The monoisotopic (exact) mass is 268 g/mol. The van der Waals surface area contributed by atoms with Crippen molar-refractivity contribution in [3.63, 3.8) is 0 Å². The highest BCUT2D eigenvalue weighted by molar-refractivity contribution is 5.58. The SMILES string of the molecule is CNCc1nncc(-c2ccc(C(F)(F)F)cc2)n1. The molecule has 1 aromatic heterocycles. The minimum Gasteiger partial charge on any atom is -0.313 e. The van der Waals surface area contributed by atoms with Crippen LogP contribution >= 0.6 is 0 Å². The minimum absolute atomic E-state index is 0.446. The van der Waals surface area contributed by atoms with Crippen molar-refractivity contribution in [1.82, 2.24) is 20.5 Å². The molecular weight excluding hydrogens is 257 g/mol. The Hall–Kier alpha value is -2.02. The van der Waals surface area contributed by atoms with E-state index in [1.807, 2.05) is 0 Å². The van der Waals surface area contributed by atoms with Gasteiger partial charge in [0.1, 0.15) is 0 Å². The third kappa shape index (κ3) is 3.25. The molecule has 0 fully saturated rings. The molecule has 0 radical (unpaired) electrons. The summed E-state index contributed by atoms with van der Waals surface area (Å²) < 4.78 is 37.3. The third-order valence-corrected chi connectivity index (χ3v) is 2.45. The summed E-state index contributed by atoms with van der Waals surface area (Å²) in [6.07, 6.45) is -2.92. The van der Waals surface area contributed by atoms with Crippen molar-refractivity contribution in [1.29, 1.82) is 0 Å². The van der Waals surface area contributed by atoms with Crippen molar-refractivity contribution in [3.8, 4) is 11.3 Å². The minimum atomic E-state index is -4.33. The summed E-state index contributed by atoms with van der Waals surface area (Å²) in [6.45, 7) is 0.446. The van der Waals surface area contributed by atoms with Gasteiger partial charge in [-0.2, -0.15) is 18.3 Å². The van der Waals surface area contributed by atoms with E-state index in [0.29, 0.717) is 23.6 Å². The van der Waals surface area contributed by atoms with Crippen LogP contribution in [0.5, 0.6) is 0 Å². The maximum atomic E-state index is 12.4. The van der Waals surface area contributed by atoms with Crippen LogP contribution < -0.4 is 5.32 Å². The first-order valence-electron chi connectivity index (χ1n) is 5.51. The molecule has 0 atom stereocenters. The van der Waals surface area contributed by atoms with Gasteiger partial charge in [0.05, 0.1) is 24.0 Å². The van der Waals surface area contributed by atoms with Gasteiger partial charge in [0.25, 0.3) is 0 Å². The van der Waals surface area contributed by atoms with Crippen molar-refractivity contribution in [3.05, 3.63) is 41.9 Å². The van der Waals surface area contributed by atoms with Crippen LogP contribution in [0.25, 0.3) is 11.3 Å². The lowest BCUT2D eigenvalue weighted by Gasteiger charge is -2.07. The summed E-state index contributed by atoms with van der Waals surface area (Å²) in [5.74, 6) is 0.486. The second-order valence-electron chi connectivity index (χ2n) is 3.86. The number of hydrogen-bond acceptors (Lipinski definition) is 4. The number of hydrogen-bond donors (Lipinski definition) is 1. The molecule has 2 aromatic rings. The third-order valence-electron chi connectivity index (χ3n) is 2.45. The van der Waals surface area contributed by atoms with Gasteiger partial charge in [-0.3, -0.25) is 0 Å². The van der Waals surface area contributed by atoms with Gasteiger partial charge in [0, 0.05) is 5.56 Å². The number of nitrogens with zero attached hydrogens (tertiary/aromatic N) is 3. The first-order chi connectivity index (χ1) is 9.00. The predicted octanol–water partition coefficient (Wildman–Crippen LogP) is 2.28. The van der Waals surface area contributed by atoms with E-state index in [4.69, 9.17) is 0 Å². The smallest absolute Gasteiger partial charge is 0.313 e. The van der Waals surface area contributed by atoms with E-state index >= 15 is 0 Å². The molecule has 19 heavy (non-hydrogen) atoms. The van der Waals surface area contributed by atoms with Crippen LogP contribution in [0.3, 0.4) is 0 Å². The Balaban J connectivity index is 2.29. The van der Waals surface area contributed by atoms with E-state index < -0.39 is 11.7 Å². The fourth-order valence-electron chi connectivity index (χ4n) is 1.54. The summed E-state index contributed by atoms with van der Waals surface area (Å²) >= 11 is 0. The lowest BCUT2D eigenvalue weighted by molar-refractivity contribution is -0.137. The fourth-order valence-corrected chi connectivity index (χ4v) is 1.54. The topological polar surface area (TPSA) is 50.7 Å². The van der Waals surface area contributed by atoms with E-state index in [-0.39, 0.29) is 0 Å². The van der Waals surface area contributed by atoms with Gasteiger partial charge >= 0.3 is 6.18 Å². The molecule has 2 rings (SSSR count). The van der Waals surface area contributed by atoms with E-state index in [2.05, 4.69) is 20.5 Å². The maximum Gasteiger partial charge on any atom is 0.416 e. The normalized spacial score (nSPS) is 11.6. The molecule has 1 heterocycles. The van der Waals surface area contributed by atoms with E-state index in [9.17, 15) is 13.2 Å². The highest BCUT2D eigenvalue weighted by Crippen LogP contribution is 2.30. The standard InChI is InChI=1S/C12H11F3N4/c1-16-7-11-18-10(6-17-19-11)8-2-4-9(5-3-8)12(13,14)15/h2-6,16H,7H2,1H3. The number of alkyl halides is 3. The summed E-state index contributed by atoms with van der Waals surface area (Å²) in [4.78, 5) is 4.21. The molecule has 100 valence electrons. The molecule has 0 bridgehead atoms. The Labute approximate surface area is 107 Å². The first kappa shape index (κ1) is 13.4. The quantitative estimate of drug-likeness (QED) is 0.927. The van der Waals surface area contributed by atoms with Crippen molar-refractivity contribution in [2.24, 2.45) is 0 Å². The van der Waals surface area contributed by atoms with Crippen LogP contribution in [0.15, 0.2) is 30.5 Å². The highest BCUT2D eigenvalue weighted by atomic mass is 19.4. The Morgan fingerprint density at radius 1 is 1.16 bits per heavy atom. The molecule has 0 spiro atoms. The van der Waals surface area contributed by atoms with Crippen molar-refractivity contribution in [2.45, 2.75) is 12.7 Å². The predicted molar refractivity (Wildman–Crippen MR) is 63.0 cm³/mol. The summed E-state index contributed by atoms with van der Waals surface area (Å²) in [6, 6.07) is 4.79. The lowest BCUT2D eigenvalue weighted by atomic mass is 10.1. The first-order valence-corrected chi connectivity index (χ1v) is 5.51. The molecule has 1 aromatic carbocycles. The molecule has 0 saturated heterocycles. The average molecular weight is 268 g/mol. The molecule has 7 heteroatoms. The van der Waals surface area contributed by atoms with Crippen LogP contribution in [0.2, 0.25) is 0 Å². The Kier molecular flexibility index (Phi) is 3.75. The summed E-state index contributed by atoms with van der Waals surface area (Å²) in [5.41, 5.74) is 0.378. The molecule has 0 aliphatic rings. The van der Waals surface area contributed by atoms with Crippen molar-refractivity contribution in [2.75, 3.05) is 7.05 Å². The van der Waals surface area contributed by atoms with Gasteiger partial charge in [-0.05, 0) is 19.2 Å². The molecular formula is C12H11F3N4. The van der Waals surface area contributed by atoms with E-state index in [0.717, 1.165) is 12.1 Å². The molecule has 1 N–H and O–H groups in total. The summed E-state index contributed by atoms with van der Waals surface area (Å²) in [5, 5.41) is 10.5. The molecule has 0 unspecified atom stereocenters. The van der Waals surface area contributed by atoms with Gasteiger partial charge in [-0.25, -0.2) is 4.98 Å². The Bertz CT molecular complexity index is 552. The van der Waals surface area contributed by atoms with Crippen molar-refractivity contribution < 1.29 is 13.2 Å². The second-order valence-corrected chi connectivity index (χ2v) is 3.86. The van der Waals surface area contributed by atoms with Gasteiger partial charge < -0.3 is 5.32 Å². The zero-order valence-electron chi connectivity index (χ0n) is 10.1. The molecule has 0 amide bonds. The van der Waals surface area contributed by atoms with Crippen LogP contribution in [0, 0.1) is 0 Å². The second kappa shape index (κ2) is 5.31. The number of halogens is 3. The Morgan fingerprint density at radius 2 is 1.84 bits per heavy atom. The van der Waals surface area contributed by atoms with Gasteiger partial charge in [-0.1, -0.05) is 12.1 Å². The van der Waals surface area contributed by atoms with E-state index in [1.165, 1.54) is 18.3 Å². The molecule has 0 saturated carbocycles. The summed E-state index contributed by atoms with van der Waals surface area (Å²) in [7, 11) is 1.74. The van der Waals surface area contributed by atoms with Crippen LogP contribution in [0.4, 0.5) is 13.2 Å². The van der Waals surface area contributed by atoms with E-state index in [1.54, 1.807) is 7.05 Å². The molecule has 4 nitrogen and oxygen atoms in total. The fraction of sp³-hybridized carbons (Fsp3) is 0.250. The largest absolute Gasteiger partial charge is 0.416 e. The highest BCUT2D eigenvalue weighted by Gasteiger charge is 2.30. The van der Waals surface area contributed by atoms with Crippen LogP contribution in [-0.2, 0) is 12.7 Å². The van der Waals surface area contributed by atoms with Crippen molar-refractivity contribution >= 4 is 0 Å². The number of aromatic nitrogens is 3. The Morgan fingerprint density at radius 3 is 2.42 bits per heavy atom. The number of nitrogens with one attached hydrogen (secondary N) is 1. The van der Waals surface area contributed by atoms with Crippen LogP contribution in [-0.4, -0.2) is 22.2 Å². The maximum absolute atomic E-state index is 12.4. The average Bonchev–Trinajstić information content (AvgIpc) is 2.39. The molecule has 0 aliphatic carbocycles. The number of benzene rings is 1.